The van der Waals surface area contributed by atoms with Crippen molar-refractivity contribution < 1.29 is 0 Å². The Bertz CT molecular complexity index is 1190. The molecular formula is C38H54. The molecule has 0 heterocycles. The zero-order valence-corrected chi connectivity index (χ0v) is 26.1. The summed E-state index contributed by atoms with van der Waals surface area (Å²) in [6.45, 7) is 35.3. The fourth-order valence-corrected chi connectivity index (χ4v) is 7.37. The number of hydrogen-bond donors (Lipinski definition) is 0. The third kappa shape index (κ3) is 5.38. The first-order valence-corrected chi connectivity index (χ1v) is 15.0. The van der Waals surface area contributed by atoms with Gasteiger partial charge in [0.15, 0.2) is 0 Å². The standard InChI is InChI=1S/C38H54/c1-13-14-35-36(31(10)34-18-17-28(7)29(8)23-34)32(11)38(22-19-26(4)5)30(9)20-21-37(35,33(38)12)24-27(6)16-15-25(2)3/h15,17-19,23,27,30H,10-14,16,20-22,24H2,1-9H3/t27-,30?,37+,38-/m0/s1. The highest BCUT2D eigenvalue weighted by Gasteiger charge is 2.58. The Kier molecular flexibility index (Phi) is 9.39. The number of benzene rings is 1. The second kappa shape index (κ2) is 11.8. The van der Waals surface area contributed by atoms with Gasteiger partial charge in [0.05, 0.1) is 0 Å². The summed E-state index contributed by atoms with van der Waals surface area (Å²) < 4.78 is 0. The summed E-state index contributed by atoms with van der Waals surface area (Å²) in [6.07, 6.45) is 12.8. The van der Waals surface area contributed by atoms with Crippen molar-refractivity contribution in [2.75, 3.05) is 0 Å². The van der Waals surface area contributed by atoms with E-state index in [0.717, 1.165) is 37.7 Å². The van der Waals surface area contributed by atoms with Crippen molar-refractivity contribution in [3.05, 3.63) is 100 Å². The van der Waals surface area contributed by atoms with E-state index in [4.69, 9.17) is 19.7 Å². The topological polar surface area (TPSA) is 0 Å². The quantitative estimate of drug-likeness (QED) is 0.274. The van der Waals surface area contributed by atoms with Crippen molar-refractivity contribution in [1.82, 2.24) is 0 Å². The fourth-order valence-electron chi connectivity index (χ4n) is 7.37. The highest BCUT2D eigenvalue weighted by molar-refractivity contribution is 5.86. The largest absolute Gasteiger partial charge is 0.0980 e. The van der Waals surface area contributed by atoms with Gasteiger partial charge in [-0.2, -0.15) is 0 Å². The second-order valence-electron chi connectivity index (χ2n) is 13.1. The third-order valence-electron chi connectivity index (χ3n) is 9.80. The molecule has 0 saturated heterocycles. The first kappa shape index (κ1) is 30.2. The lowest BCUT2D eigenvalue weighted by molar-refractivity contribution is 0.115. The van der Waals surface area contributed by atoms with Gasteiger partial charge >= 0.3 is 0 Å². The second-order valence-corrected chi connectivity index (χ2v) is 13.1. The van der Waals surface area contributed by atoms with Gasteiger partial charge < -0.3 is 0 Å². The number of hydrogen-bond acceptors (Lipinski definition) is 0. The highest BCUT2D eigenvalue weighted by Crippen LogP contribution is 2.69. The van der Waals surface area contributed by atoms with E-state index in [1.165, 1.54) is 57.4 Å². The maximum absolute atomic E-state index is 5.03. The average molecular weight is 511 g/mol. The molecule has 4 atom stereocenters. The molecule has 38 heavy (non-hydrogen) atoms. The van der Waals surface area contributed by atoms with E-state index in [-0.39, 0.29) is 10.8 Å². The fraction of sp³-hybridized carbons (Fsp3) is 0.526. The van der Waals surface area contributed by atoms with Crippen LogP contribution in [0.25, 0.3) is 5.57 Å². The average Bonchev–Trinajstić information content (AvgIpc) is 2.85. The van der Waals surface area contributed by atoms with Crippen molar-refractivity contribution in [2.45, 2.75) is 107 Å². The molecule has 1 aromatic rings. The normalized spacial score (nSPS) is 25.8. The van der Waals surface area contributed by atoms with E-state index in [0.29, 0.717) is 11.8 Å². The third-order valence-corrected chi connectivity index (χ3v) is 9.80. The minimum absolute atomic E-state index is 0.00607. The molecule has 1 saturated carbocycles. The summed E-state index contributed by atoms with van der Waals surface area (Å²) in [5.41, 5.74) is 13.4. The summed E-state index contributed by atoms with van der Waals surface area (Å²) in [4.78, 5) is 0. The van der Waals surface area contributed by atoms with Gasteiger partial charge in [-0.3, -0.25) is 0 Å². The molecule has 1 unspecified atom stereocenters. The van der Waals surface area contributed by atoms with Crippen LogP contribution in [0.3, 0.4) is 0 Å². The van der Waals surface area contributed by atoms with E-state index in [2.05, 4.69) is 92.7 Å². The zero-order chi connectivity index (χ0) is 28.4. The van der Waals surface area contributed by atoms with Gasteiger partial charge in [-0.05, 0) is 125 Å². The number of rotatable bonds is 10. The SMILES string of the molecule is C=C(C1=C(CCC)[C@@]2(C[C@@H](C)CC=C(C)C)CCC(C)[C@@](CC=C(C)C)(C1=C)C2=C)c1ccc(C)c(C)c1. The molecule has 1 fully saturated rings. The van der Waals surface area contributed by atoms with Crippen molar-refractivity contribution in [3.63, 3.8) is 0 Å². The molecule has 0 aromatic heterocycles. The van der Waals surface area contributed by atoms with Crippen LogP contribution in [0.15, 0.2) is 83.5 Å². The summed E-state index contributed by atoms with van der Waals surface area (Å²) in [5, 5.41) is 0. The molecule has 0 radical (unpaired) electrons. The molecule has 2 aliphatic rings. The Hall–Kier alpha value is -2.34. The van der Waals surface area contributed by atoms with Crippen LogP contribution in [0, 0.1) is 36.5 Å². The smallest absolute Gasteiger partial charge is 0.0228 e. The van der Waals surface area contributed by atoms with Crippen LogP contribution in [0.4, 0.5) is 0 Å². The van der Waals surface area contributed by atoms with Crippen LogP contribution < -0.4 is 0 Å². The monoisotopic (exact) mass is 510 g/mol. The van der Waals surface area contributed by atoms with Gasteiger partial charge in [-0.15, -0.1) is 0 Å². The van der Waals surface area contributed by atoms with Gasteiger partial charge in [0, 0.05) is 10.8 Å². The van der Waals surface area contributed by atoms with E-state index < -0.39 is 0 Å². The van der Waals surface area contributed by atoms with Crippen LogP contribution in [-0.2, 0) is 0 Å². The van der Waals surface area contributed by atoms with Crippen LogP contribution in [0.2, 0.25) is 0 Å². The number of fused-ring (bicyclic) bond motifs is 2. The van der Waals surface area contributed by atoms with Crippen molar-refractivity contribution in [3.8, 4) is 0 Å². The number of aryl methyl sites for hydroxylation is 2. The van der Waals surface area contributed by atoms with E-state index in [1.807, 2.05) is 0 Å². The summed E-state index contributed by atoms with van der Waals surface area (Å²) in [6, 6.07) is 6.85. The van der Waals surface area contributed by atoms with E-state index in [1.54, 1.807) is 5.57 Å². The minimum atomic E-state index is -0.124. The molecule has 0 amide bonds. The predicted octanol–water partition coefficient (Wildman–Crippen LogP) is 11.7. The van der Waals surface area contributed by atoms with E-state index in [9.17, 15) is 0 Å². The number of allylic oxidation sites excluding steroid dienone is 9. The van der Waals surface area contributed by atoms with Gasteiger partial charge in [0.1, 0.15) is 0 Å². The Morgan fingerprint density at radius 1 is 1.05 bits per heavy atom. The lowest BCUT2D eigenvalue weighted by Gasteiger charge is -2.61. The molecule has 206 valence electrons. The Labute approximate surface area is 235 Å². The van der Waals surface area contributed by atoms with Crippen molar-refractivity contribution >= 4 is 5.57 Å². The maximum Gasteiger partial charge on any atom is 0.0228 e. The zero-order valence-electron chi connectivity index (χ0n) is 26.1. The lowest BCUT2D eigenvalue weighted by Crippen LogP contribution is -2.50. The van der Waals surface area contributed by atoms with Gasteiger partial charge in [-0.1, -0.05) is 99.6 Å². The minimum Gasteiger partial charge on any atom is -0.0980 e. The Balaban J connectivity index is 2.33. The lowest BCUT2D eigenvalue weighted by atomic mass is 9.43. The molecule has 1 aromatic carbocycles. The first-order chi connectivity index (χ1) is 17.8. The Morgan fingerprint density at radius 3 is 2.29 bits per heavy atom. The molecule has 0 N–H and O–H groups in total. The van der Waals surface area contributed by atoms with Crippen LogP contribution in [0.5, 0.6) is 0 Å². The summed E-state index contributed by atoms with van der Waals surface area (Å²) in [7, 11) is 0. The van der Waals surface area contributed by atoms with Crippen LogP contribution in [-0.4, -0.2) is 0 Å². The van der Waals surface area contributed by atoms with Gasteiger partial charge in [-0.25, -0.2) is 0 Å². The Morgan fingerprint density at radius 2 is 1.71 bits per heavy atom. The summed E-state index contributed by atoms with van der Waals surface area (Å²) >= 11 is 0. The first-order valence-electron chi connectivity index (χ1n) is 15.0. The molecule has 2 bridgehead atoms. The molecule has 0 heteroatoms. The maximum atomic E-state index is 5.03. The van der Waals surface area contributed by atoms with Gasteiger partial charge in [0.25, 0.3) is 0 Å². The molecule has 3 rings (SSSR count). The molecule has 0 nitrogen and oxygen atoms in total. The summed E-state index contributed by atoms with van der Waals surface area (Å²) in [5.74, 6) is 1.09. The van der Waals surface area contributed by atoms with Gasteiger partial charge in [0.2, 0.25) is 0 Å². The van der Waals surface area contributed by atoms with Crippen molar-refractivity contribution in [2.24, 2.45) is 22.7 Å². The highest BCUT2D eigenvalue weighted by atomic mass is 14.6. The van der Waals surface area contributed by atoms with Crippen LogP contribution in [0.1, 0.15) is 110 Å². The van der Waals surface area contributed by atoms with Crippen LogP contribution >= 0.6 is 0 Å². The van der Waals surface area contributed by atoms with Crippen molar-refractivity contribution in [1.29, 1.82) is 0 Å². The molecule has 2 aliphatic carbocycles. The van der Waals surface area contributed by atoms with E-state index >= 15 is 0 Å². The predicted molar refractivity (Wildman–Crippen MR) is 170 cm³/mol. The molecule has 0 spiro atoms. The molecular weight excluding hydrogens is 456 g/mol. The molecule has 0 aliphatic heterocycles.